The standard InChI is InChI=1S/C17H17N5S/c1-10-11(2)23-17-15(10)16(18-9-19-17)22(3)8-14-20-12-6-4-5-7-13(12)21-14/h4-7,9H,8H2,1-3H3,(H,20,21). The summed E-state index contributed by atoms with van der Waals surface area (Å²) in [5, 5.41) is 1.15. The van der Waals surface area contributed by atoms with Gasteiger partial charge in [-0.25, -0.2) is 15.0 Å². The molecule has 0 radical (unpaired) electrons. The number of fused-ring (bicyclic) bond motifs is 2. The number of aryl methyl sites for hydroxylation is 2. The number of hydrogen-bond donors (Lipinski definition) is 1. The smallest absolute Gasteiger partial charge is 0.141 e. The summed E-state index contributed by atoms with van der Waals surface area (Å²) in [7, 11) is 2.04. The van der Waals surface area contributed by atoms with Crippen LogP contribution in [0.5, 0.6) is 0 Å². The molecule has 0 saturated carbocycles. The van der Waals surface area contributed by atoms with E-state index in [1.165, 1.54) is 10.4 Å². The van der Waals surface area contributed by atoms with Gasteiger partial charge in [0.2, 0.25) is 0 Å². The highest BCUT2D eigenvalue weighted by atomic mass is 32.1. The number of nitrogens with zero attached hydrogens (tertiary/aromatic N) is 4. The number of para-hydroxylation sites is 2. The van der Waals surface area contributed by atoms with Gasteiger partial charge in [0, 0.05) is 11.9 Å². The van der Waals surface area contributed by atoms with E-state index in [2.05, 4.69) is 38.7 Å². The predicted molar refractivity (Wildman–Crippen MR) is 95.1 cm³/mol. The van der Waals surface area contributed by atoms with Crippen LogP contribution in [0.4, 0.5) is 5.82 Å². The summed E-state index contributed by atoms with van der Waals surface area (Å²) in [6.45, 7) is 4.94. The van der Waals surface area contributed by atoms with Crippen LogP contribution < -0.4 is 4.90 Å². The van der Waals surface area contributed by atoms with Crippen molar-refractivity contribution in [3.05, 3.63) is 46.9 Å². The molecule has 0 unspecified atom stereocenters. The average molecular weight is 323 g/mol. The number of aromatic amines is 1. The molecule has 0 bridgehead atoms. The average Bonchev–Trinajstić information content (AvgIpc) is 3.08. The monoisotopic (exact) mass is 323 g/mol. The van der Waals surface area contributed by atoms with Crippen LogP contribution in [0, 0.1) is 13.8 Å². The molecule has 23 heavy (non-hydrogen) atoms. The zero-order valence-corrected chi connectivity index (χ0v) is 14.1. The fraction of sp³-hybridized carbons (Fsp3) is 0.235. The first-order chi connectivity index (χ1) is 11.1. The fourth-order valence-electron chi connectivity index (χ4n) is 2.83. The first-order valence-corrected chi connectivity index (χ1v) is 8.30. The van der Waals surface area contributed by atoms with E-state index in [-0.39, 0.29) is 0 Å². The lowest BCUT2D eigenvalue weighted by Crippen LogP contribution is -2.19. The molecule has 1 aromatic carbocycles. The zero-order valence-electron chi connectivity index (χ0n) is 13.3. The van der Waals surface area contributed by atoms with E-state index in [0.29, 0.717) is 6.54 Å². The van der Waals surface area contributed by atoms with Crippen molar-refractivity contribution in [3.63, 3.8) is 0 Å². The Morgan fingerprint density at radius 3 is 2.83 bits per heavy atom. The molecule has 0 spiro atoms. The molecule has 116 valence electrons. The predicted octanol–water partition coefficient (Wildman–Crippen LogP) is 3.82. The third kappa shape index (κ3) is 2.35. The summed E-state index contributed by atoms with van der Waals surface area (Å²) in [4.78, 5) is 21.4. The van der Waals surface area contributed by atoms with E-state index in [4.69, 9.17) is 0 Å². The minimum absolute atomic E-state index is 0.676. The molecule has 0 atom stereocenters. The molecule has 0 aliphatic carbocycles. The Bertz CT molecular complexity index is 968. The SMILES string of the molecule is Cc1sc2ncnc(N(C)Cc3nc4ccccc4[nH]3)c2c1C. The lowest BCUT2D eigenvalue weighted by atomic mass is 10.2. The first-order valence-electron chi connectivity index (χ1n) is 7.49. The van der Waals surface area contributed by atoms with Crippen LogP contribution in [0.1, 0.15) is 16.3 Å². The van der Waals surface area contributed by atoms with Gasteiger partial charge in [-0.2, -0.15) is 0 Å². The van der Waals surface area contributed by atoms with Gasteiger partial charge in [-0.3, -0.25) is 0 Å². The van der Waals surface area contributed by atoms with Crippen molar-refractivity contribution >= 4 is 38.4 Å². The normalized spacial score (nSPS) is 11.4. The van der Waals surface area contributed by atoms with Gasteiger partial charge in [0.25, 0.3) is 0 Å². The van der Waals surface area contributed by atoms with Crippen molar-refractivity contribution in [2.45, 2.75) is 20.4 Å². The maximum absolute atomic E-state index is 4.65. The third-order valence-corrected chi connectivity index (χ3v) is 5.25. The van der Waals surface area contributed by atoms with Crippen LogP contribution in [-0.4, -0.2) is 27.0 Å². The molecule has 0 amide bonds. The summed E-state index contributed by atoms with van der Waals surface area (Å²) >= 11 is 1.72. The second-order valence-corrected chi connectivity index (χ2v) is 6.92. The van der Waals surface area contributed by atoms with Crippen LogP contribution in [0.3, 0.4) is 0 Å². The Balaban J connectivity index is 1.73. The Labute approximate surface area is 138 Å². The maximum atomic E-state index is 4.65. The molecule has 4 rings (SSSR count). The molecule has 0 aliphatic heterocycles. The molecule has 0 saturated heterocycles. The summed E-state index contributed by atoms with van der Waals surface area (Å²) in [6, 6.07) is 8.08. The van der Waals surface area contributed by atoms with E-state index in [1.807, 2.05) is 31.3 Å². The van der Waals surface area contributed by atoms with Gasteiger partial charge in [0.15, 0.2) is 0 Å². The molecule has 4 aromatic rings. The number of nitrogens with one attached hydrogen (secondary N) is 1. The lowest BCUT2D eigenvalue weighted by molar-refractivity contribution is 0.849. The molecule has 5 nitrogen and oxygen atoms in total. The van der Waals surface area contributed by atoms with E-state index >= 15 is 0 Å². The molecule has 3 aromatic heterocycles. The van der Waals surface area contributed by atoms with Crippen molar-refractivity contribution in [3.8, 4) is 0 Å². The first kappa shape index (κ1) is 14.1. The van der Waals surface area contributed by atoms with Crippen LogP contribution in [-0.2, 0) is 6.54 Å². The topological polar surface area (TPSA) is 57.7 Å². The highest BCUT2D eigenvalue weighted by Gasteiger charge is 2.16. The molecule has 0 fully saturated rings. The fourth-order valence-corrected chi connectivity index (χ4v) is 3.82. The largest absolute Gasteiger partial charge is 0.352 e. The van der Waals surface area contributed by atoms with Gasteiger partial charge in [-0.05, 0) is 31.5 Å². The van der Waals surface area contributed by atoms with E-state index in [1.54, 1.807) is 17.7 Å². The number of anilines is 1. The second kappa shape index (κ2) is 5.31. The molecular weight excluding hydrogens is 306 g/mol. The van der Waals surface area contributed by atoms with Crippen molar-refractivity contribution in [1.29, 1.82) is 0 Å². The van der Waals surface area contributed by atoms with E-state index in [0.717, 1.165) is 32.9 Å². The Hall–Kier alpha value is -2.47. The summed E-state index contributed by atoms with van der Waals surface area (Å²) in [5.41, 5.74) is 3.31. The number of imidazole rings is 1. The maximum Gasteiger partial charge on any atom is 0.141 e. The Kier molecular flexibility index (Phi) is 3.27. The molecular formula is C17H17N5S. The Morgan fingerprint density at radius 1 is 1.17 bits per heavy atom. The number of hydrogen-bond acceptors (Lipinski definition) is 5. The van der Waals surface area contributed by atoms with Crippen LogP contribution in [0.15, 0.2) is 30.6 Å². The lowest BCUT2D eigenvalue weighted by Gasteiger charge is -2.17. The number of thiophene rings is 1. The molecule has 6 heteroatoms. The van der Waals surface area contributed by atoms with Crippen LogP contribution in [0.25, 0.3) is 21.3 Å². The van der Waals surface area contributed by atoms with Crippen molar-refractivity contribution in [1.82, 2.24) is 19.9 Å². The van der Waals surface area contributed by atoms with Gasteiger partial charge in [0.05, 0.1) is 23.0 Å². The number of H-pyrrole nitrogens is 1. The summed E-state index contributed by atoms with van der Waals surface area (Å²) < 4.78 is 0. The van der Waals surface area contributed by atoms with Gasteiger partial charge < -0.3 is 9.88 Å². The van der Waals surface area contributed by atoms with Crippen molar-refractivity contribution < 1.29 is 0 Å². The van der Waals surface area contributed by atoms with Gasteiger partial charge in [-0.1, -0.05) is 12.1 Å². The van der Waals surface area contributed by atoms with Crippen molar-refractivity contribution in [2.24, 2.45) is 0 Å². The molecule has 3 heterocycles. The van der Waals surface area contributed by atoms with E-state index in [9.17, 15) is 0 Å². The Morgan fingerprint density at radius 2 is 2.00 bits per heavy atom. The number of benzene rings is 1. The highest BCUT2D eigenvalue weighted by molar-refractivity contribution is 7.18. The quantitative estimate of drug-likeness (QED) is 0.623. The van der Waals surface area contributed by atoms with E-state index < -0.39 is 0 Å². The summed E-state index contributed by atoms with van der Waals surface area (Å²) in [6.07, 6.45) is 1.64. The van der Waals surface area contributed by atoms with Crippen LogP contribution >= 0.6 is 11.3 Å². The highest BCUT2D eigenvalue weighted by Crippen LogP contribution is 2.34. The van der Waals surface area contributed by atoms with Gasteiger partial charge in [-0.15, -0.1) is 11.3 Å². The number of rotatable bonds is 3. The molecule has 0 aliphatic rings. The summed E-state index contributed by atoms with van der Waals surface area (Å²) in [5.74, 6) is 1.89. The third-order valence-electron chi connectivity index (χ3n) is 4.13. The minimum Gasteiger partial charge on any atom is -0.352 e. The minimum atomic E-state index is 0.676. The zero-order chi connectivity index (χ0) is 16.0. The van der Waals surface area contributed by atoms with Crippen molar-refractivity contribution in [2.75, 3.05) is 11.9 Å². The second-order valence-electron chi connectivity index (χ2n) is 5.72. The van der Waals surface area contributed by atoms with Crippen LogP contribution in [0.2, 0.25) is 0 Å². The van der Waals surface area contributed by atoms with Gasteiger partial charge >= 0.3 is 0 Å². The van der Waals surface area contributed by atoms with Gasteiger partial charge in [0.1, 0.15) is 22.8 Å². The molecule has 1 N–H and O–H groups in total. The number of aromatic nitrogens is 4.